The van der Waals surface area contributed by atoms with Gasteiger partial charge in [0.2, 0.25) is 0 Å². The fourth-order valence-corrected chi connectivity index (χ4v) is 3.07. The molecular weight excluding hydrogens is 348 g/mol. The summed E-state index contributed by atoms with van der Waals surface area (Å²) in [6.07, 6.45) is 3.63. The van der Waals surface area contributed by atoms with Crippen LogP contribution in [0.25, 0.3) is 10.8 Å². The number of benzene rings is 3. The lowest BCUT2D eigenvalue weighted by Gasteiger charge is -2.07. The molecule has 0 aliphatic heterocycles. The average Bonchev–Trinajstić information content (AvgIpc) is 3.24. The highest BCUT2D eigenvalue weighted by molar-refractivity contribution is 6.03. The predicted molar refractivity (Wildman–Crippen MR) is 111 cm³/mol. The highest BCUT2D eigenvalue weighted by atomic mass is 16.2. The number of hydrazone groups is 1. The van der Waals surface area contributed by atoms with Crippen molar-refractivity contribution < 1.29 is 4.79 Å². The number of nitrogens with one attached hydrogen (secondary N) is 1. The molecule has 1 N–H and O–H groups in total. The molecule has 28 heavy (non-hydrogen) atoms. The molecule has 0 spiro atoms. The van der Waals surface area contributed by atoms with Gasteiger partial charge in [-0.25, -0.2) is 5.43 Å². The number of fused-ring (bicyclic) bond motifs is 1. The third-order valence-corrected chi connectivity index (χ3v) is 4.59. The number of carbonyl (C=O) groups is 1. The SMILES string of the molecule is CC(=NNC(=O)c1cccc(Cn2cccn2)c1)c1ccc2ccccc2c1. The van der Waals surface area contributed by atoms with E-state index in [0.717, 1.165) is 22.2 Å². The first-order chi connectivity index (χ1) is 13.7. The molecule has 4 rings (SSSR count). The van der Waals surface area contributed by atoms with Gasteiger partial charge in [0.1, 0.15) is 0 Å². The molecule has 1 amide bonds. The van der Waals surface area contributed by atoms with Crippen molar-refractivity contribution in [3.05, 3.63) is 102 Å². The zero-order valence-electron chi connectivity index (χ0n) is 15.5. The Morgan fingerprint density at radius 2 is 1.82 bits per heavy atom. The maximum absolute atomic E-state index is 12.5. The van der Waals surface area contributed by atoms with Crippen LogP contribution in [0.2, 0.25) is 0 Å². The van der Waals surface area contributed by atoms with Crippen LogP contribution < -0.4 is 5.43 Å². The van der Waals surface area contributed by atoms with Crippen LogP contribution in [0.15, 0.2) is 90.3 Å². The van der Waals surface area contributed by atoms with Crippen LogP contribution in [0.5, 0.6) is 0 Å². The molecule has 0 saturated heterocycles. The average molecular weight is 368 g/mol. The molecule has 0 radical (unpaired) electrons. The van der Waals surface area contributed by atoms with Crippen LogP contribution in [0, 0.1) is 0 Å². The Balaban J connectivity index is 1.48. The number of nitrogens with zero attached hydrogens (tertiary/aromatic N) is 3. The van der Waals surface area contributed by atoms with Crippen LogP contribution in [-0.2, 0) is 6.54 Å². The summed E-state index contributed by atoms with van der Waals surface area (Å²) in [5.74, 6) is -0.234. The summed E-state index contributed by atoms with van der Waals surface area (Å²) >= 11 is 0. The zero-order chi connectivity index (χ0) is 19.3. The van der Waals surface area contributed by atoms with Crippen LogP contribution in [0.3, 0.4) is 0 Å². The number of hydrogen-bond acceptors (Lipinski definition) is 3. The molecule has 3 aromatic carbocycles. The van der Waals surface area contributed by atoms with Gasteiger partial charge in [0.15, 0.2) is 0 Å². The molecule has 1 heterocycles. The lowest BCUT2D eigenvalue weighted by atomic mass is 10.0. The Kier molecular flexibility index (Phi) is 4.97. The van der Waals surface area contributed by atoms with Gasteiger partial charge >= 0.3 is 0 Å². The first-order valence-corrected chi connectivity index (χ1v) is 9.09. The maximum atomic E-state index is 12.5. The number of hydrogen-bond donors (Lipinski definition) is 1. The van der Waals surface area contributed by atoms with E-state index in [1.807, 2.05) is 60.3 Å². The quantitative estimate of drug-likeness (QED) is 0.423. The summed E-state index contributed by atoms with van der Waals surface area (Å²) in [7, 11) is 0. The fraction of sp³-hybridized carbons (Fsp3) is 0.0870. The van der Waals surface area contributed by atoms with Crippen molar-refractivity contribution in [1.29, 1.82) is 0 Å². The second-order valence-corrected chi connectivity index (χ2v) is 6.60. The highest BCUT2D eigenvalue weighted by Crippen LogP contribution is 2.16. The Labute approximate surface area is 163 Å². The third-order valence-electron chi connectivity index (χ3n) is 4.59. The van der Waals surface area contributed by atoms with Crippen molar-refractivity contribution in [1.82, 2.24) is 15.2 Å². The van der Waals surface area contributed by atoms with Crippen molar-refractivity contribution in [3.8, 4) is 0 Å². The highest BCUT2D eigenvalue weighted by Gasteiger charge is 2.07. The smallest absolute Gasteiger partial charge is 0.268 e. The summed E-state index contributed by atoms with van der Waals surface area (Å²) in [5, 5.41) is 10.8. The number of carbonyl (C=O) groups excluding carboxylic acids is 1. The van der Waals surface area contributed by atoms with Gasteiger partial charge in [-0.2, -0.15) is 10.2 Å². The molecule has 0 saturated carbocycles. The third kappa shape index (κ3) is 3.99. The molecule has 138 valence electrons. The van der Waals surface area contributed by atoms with Crippen molar-refractivity contribution in [3.63, 3.8) is 0 Å². The van der Waals surface area contributed by atoms with E-state index in [4.69, 9.17) is 0 Å². The van der Waals surface area contributed by atoms with Crippen molar-refractivity contribution in [2.24, 2.45) is 5.10 Å². The zero-order valence-corrected chi connectivity index (χ0v) is 15.5. The van der Waals surface area contributed by atoms with Crippen molar-refractivity contribution in [2.75, 3.05) is 0 Å². The minimum absolute atomic E-state index is 0.234. The Morgan fingerprint density at radius 3 is 2.64 bits per heavy atom. The molecule has 4 aromatic rings. The van der Waals surface area contributed by atoms with E-state index >= 15 is 0 Å². The van der Waals surface area contributed by atoms with E-state index in [0.29, 0.717) is 12.1 Å². The first kappa shape index (κ1) is 17.7. The number of aromatic nitrogens is 2. The second kappa shape index (κ2) is 7.88. The van der Waals surface area contributed by atoms with Gasteiger partial charge in [-0.1, -0.05) is 48.5 Å². The minimum atomic E-state index is -0.234. The molecular formula is C23H20N4O. The van der Waals surface area contributed by atoms with E-state index in [1.54, 1.807) is 12.3 Å². The van der Waals surface area contributed by atoms with Crippen LogP contribution in [-0.4, -0.2) is 21.4 Å². The topological polar surface area (TPSA) is 59.3 Å². The molecule has 5 nitrogen and oxygen atoms in total. The molecule has 0 aliphatic carbocycles. The van der Waals surface area contributed by atoms with Gasteiger partial charge < -0.3 is 0 Å². The molecule has 0 fully saturated rings. The van der Waals surface area contributed by atoms with Gasteiger partial charge in [0, 0.05) is 18.0 Å². The summed E-state index contributed by atoms with van der Waals surface area (Å²) in [6.45, 7) is 2.51. The van der Waals surface area contributed by atoms with Crippen LogP contribution in [0.4, 0.5) is 0 Å². The minimum Gasteiger partial charge on any atom is -0.268 e. The largest absolute Gasteiger partial charge is 0.271 e. The maximum Gasteiger partial charge on any atom is 0.271 e. The van der Waals surface area contributed by atoms with E-state index in [-0.39, 0.29) is 5.91 Å². The summed E-state index contributed by atoms with van der Waals surface area (Å²) in [6, 6.07) is 23.7. The van der Waals surface area contributed by atoms with Gasteiger partial charge in [0.05, 0.1) is 12.3 Å². The normalized spacial score (nSPS) is 11.5. The lowest BCUT2D eigenvalue weighted by molar-refractivity contribution is 0.0954. The molecule has 5 heteroatoms. The molecule has 0 atom stereocenters. The molecule has 1 aromatic heterocycles. The lowest BCUT2D eigenvalue weighted by Crippen LogP contribution is -2.19. The second-order valence-electron chi connectivity index (χ2n) is 6.60. The molecule has 0 unspecified atom stereocenters. The van der Waals surface area contributed by atoms with Gasteiger partial charge in [0.25, 0.3) is 5.91 Å². The Morgan fingerprint density at radius 1 is 0.964 bits per heavy atom. The number of amides is 1. The molecule has 0 bridgehead atoms. The Hall–Kier alpha value is -3.73. The predicted octanol–water partition coefficient (Wildman–Crippen LogP) is 4.24. The molecule has 0 aliphatic rings. The summed E-state index contributed by atoms with van der Waals surface area (Å²) in [5.41, 5.74) is 5.97. The fourth-order valence-electron chi connectivity index (χ4n) is 3.07. The standard InChI is InChI=1S/C23H20N4O/c1-17(20-11-10-19-7-2-3-8-21(19)15-20)25-26-23(28)22-9-4-6-18(14-22)16-27-13-5-12-24-27/h2-15H,16H2,1H3,(H,26,28). The Bertz CT molecular complexity index is 1150. The monoisotopic (exact) mass is 368 g/mol. The van der Waals surface area contributed by atoms with E-state index in [1.165, 1.54) is 5.39 Å². The number of rotatable bonds is 5. The van der Waals surface area contributed by atoms with Gasteiger partial charge in [-0.3, -0.25) is 9.48 Å². The van der Waals surface area contributed by atoms with E-state index < -0.39 is 0 Å². The first-order valence-electron chi connectivity index (χ1n) is 9.09. The van der Waals surface area contributed by atoms with E-state index in [2.05, 4.69) is 39.9 Å². The summed E-state index contributed by atoms with van der Waals surface area (Å²) < 4.78 is 1.82. The summed E-state index contributed by atoms with van der Waals surface area (Å²) in [4.78, 5) is 12.5. The van der Waals surface area contributed by atoms with Crippen LogP contribution >= 0.6 is 0 Å². The van der Waals surface area contributed by atoms with Crippen molar-refractivity contribution in [2.45, 2.75) is 13.5 Å². The van der Waals surface area contributed by atoms with E-state index in [9.17, 15) is 4.79 Å². The van der Waals surface area contributed by atoms with Gasteiger partial charge in [-0.15, -0.1) is 0 Å². The van der Waals surface area contributed by atoms with Crippen molar-refractivity contribution >= 4 is 22.4 Å². The van der Waals surface area contributed by atoms with Gasteiger partial charge in [-0.05, 0) is 53.1 Å². The van der Waals surface area contributed by atoms with Crippen LogP contribution in [0.1, 0.15) is 28.4 Å².